The molecule has 0 aromatic heterocycles. The van der Waals surface area contributed by atoms with Crippen LogP contribution in [0, 0.1) is 10.1 Å². The zero-order valence-electron chi connectivity index (χ0n) is 15.0. The molecule has 140 valence electrons. The summed E-state index contributed by atoms with van der Waals surface area (Å²) in [4.78, 5) is 35.5. The Labute approximate surface area is 156 Å². The van der Waals surface area contributed by atoms with Crippen molar-refractivity contribution in [1.29, 1.82) is 0 Å². The Morgan fingerprint density at radius 1 is 1.22 bits per heavy atom. The number of rotatable bonds is 6. The Kier molecular flexibility index (Phi) is 4.94. The minimum atomic E-state index is -0.952. The predicted octanol–water partition coefficient (Wildman–Crippen LogP) is 3.37. The second-order valence-electron chi connectivity index (χ2n) is 6.34. The van der Waals surface area contributed by atoms with E-state index in [4.69, 9.17) is 9.47 Å². The third kappa shape index (κ3) is 3.16. The van der Waals surface area contributed by atoms with Crippen LogP contribution in [0.2, 0.25) is 0 Å². The summed E-state index contributed by atoms with van der Waals surface area (Å²) in [5, 5.41) is 11.6. The van der Waals surface area contributed by atoms with Gasteiger partial charge in [-0.1, -0.05) is 36.4 Å². The molecule has 1 saturated carbocycles. The lowest BCUT2D eigenvalue weighted by Gasteiger charge is -2.16. The minimum Gasteiger partial charge on any atom is -0.468 e. The van der Waals surface area contributed by atoms with Gasteiger partial charge in [-0.3, -0.25) is 14.9 Å². The Bertz CT molecular complexity index is 895. The molecule has 0 N–H and O–H groups in total. The van der Waals surface area contributed by atoms with Crippen LogP contribution >= 0.6 is 0 Å². The van der Waals surface area contributed by atoms with Crippen LogP contribution in [0.15, 0.2) is 48.5 Å². The molecule has 7 heteroatoms. The van der Waals surface area contributed by atoms with Gasteiger partial charge < -0.3 is 9.47 Å². The van der Waals surface area contributed by atoms with Gasteiger partial charge in [-0.25, -0.2) is 4.79 Å². The topological polar surface area (TPSA) is 95.7 Å². The fourth-order valence-electron chi connectivity index (χ4n) is 3.56. The van der Waals surface area contributed by atoms with E-state index >= 15 is 0 Å². The van der Waals surface area contributed by atoms with E-state index in [1.807, 2.05) is 30.3 Å². The van der Waals surface area contributed by atoms with E-state index in [2.05, 4.69) is 0 Å². The molecule has 0 aliphatic heterocycles. The molecule has 0 radical (unpaired) electrons. The van der Waals surface area contributed by atoms with E-state index in [9.17, 15) is 19.7 Å². The number of carbonyl (C=O) groups excluding carboxylic acids is 2. The van der Waals surface area contributed by atoms with E-state index in [-0.39, 0.29) is 17.9 Å². The number of nitro benzene ring substituents is 1. The average Bonchev–Trinajstić information content (AvgIpc) is 3.44. The molecule has 2 aromatic carbocycles. The van der Waals surface area contributed by atoms with Gasteiger partial charge in [-0.15, -0.1) is 0 Å². The Hall–Kier alpha value is -3.22. The zero-order valence-corrected chi connectivity index (χ0v) is 15.0. The summed E-state index contributed by atoms with van der Waals surface area (Å²) in [7, 11) is 1.31. The van der Waals surface area contributed by atoms with Crippen molar-refractivity contribution in [1.82, 2.24) is 0 Å². The minimum absolute atomic E-state index is 0.108. The lowest BCUT2D eigenvalue weighted by molar-refractivity contribution is -0.385. The van der Waals surface area contributed by atoms with Gasteiger partial charge in [0.25, 0.3) is 5.69 Å². The normalized spacial score (nSPS) is 20.6. The maximum absolute atomic E-state index is 12.6. The van der Waals surface area contributed by atoms with Crippen molar-refractivity contribution in [3.63, 3.8) is 0 Å². The lowest BCUT2D eigenvalue weighted by Crippen LogP contribution is -2.24. The Morgan fingerprint density at radius 2 is 1.93 bits per heavy atom. The number of hydrogen-bond acceptors (Lipinski definition) is 6. The summed E-state index contributed by atoms with van der Waals surface area (Å²) in [6, 6.07) is 13.3. The maximum atomic E-state index is 12.6. The first-order valence-corrected chi connectivity index (χ1v) is 8.55. The van der Waals surface area contributed by atoms with Gasteiger partial charge in [0.15, 0.2) is 0 Å². The van der Waals surface area contributed by atoms with Crippen molar-refractivity contribution in [2.45, 2.75) is 24.7 Å². The first-order chi connectivity index (χ1) is 13.0. The maximum Gasteiger partial charge on any atom is 0.338 e. The van der Waals surface area contributed by atoms with Crippen LogP contribution in [-0.2, 0) is 19.7 Å². The van der Waals surface area contributed by atoms with Crippen molar-refractivity contribution < 1.29 is 24.0 Å². The van der Waals surface area contributed by atoms with Crippen LogP contribution in [-0.4, -0.2) is 30.6 Å². The highest BCUT2D eigenvalue weighted by Gasteiger charge is 2.64. The first kappa shape index (κ1) is 18.6. The van der Waals surface area contributed by atoms with Crippen LogP contribution in [0.1, 0.15) is 40.7 Å². The number of methoxy groups -OCH3 is 1. The van der Waals surface area contributed by atoms with Crippen LogP contribution in [0.5, 0.6) is 0 Å². The van der Waals surface area contributed by atoms with Gasteiger partial charge in [0.05, 0.1) is 24.2 Å². The molecule has 0 saturated heterocycles. The average molecular weight is 369 g/mol. The molecule has 0 heterocycles. The van der Waals surface area contributed by atoms with Gasteiger partial charge in [0, 0.05) is 17.5 Å². The zero-order chi connectivity index (χ0) is 19.6. The summed E-state index contributed by atoms with van der Waals surface area (Å²) < 4.78 is 9.90. The first-order valence-electron chi connectivity index (χ1n) is 8.55. The highest BCUT2D eigenvalue weighted by Crippen LogP contribution is 2.62. The van der Waals surface area contributed by atoms with Crippen LogP contribution in [0.3, 0.4) is 0 Å². The number of ether oxygens (including phenoxy) is 2. The molecule has 2 atom stereocenters. The molecule has 1 fully saturated rings. The molecule has 0 unspecified atom stereocenters. The molecule has 1 aliphatic carbocycles. The number of hydrogen-bond donors (Lipinski definition) is 0. The second-order valence-corrected chi connectivity index (χ2v) is 6.34. The van der Waals surface area contributed by atoms with Crippen molar-refractivity contribution in [3.05, 3.63) is 75.3 Å². The largest absolute Gasteiger partial charge is 0.468 e. The van der Waals surface area contributed by atoms with Gasteiger partial charge in [-0.05, 0) is 25.0 Å². The van der Waals surface area contributed by atoms with Gasteiger partial charge in [0.1, 0.15) is 5.41 Å². The molecule has 3 rings (SSSR count). The molecule has 7 nitrogen and oxygen atoms in total. The van der Waals surface area contributed by atoms with Crippen LogP contribution in [0.4, 0.5) is 5.69 Å². The quantitative estimate of drug-likeness (QED) is 0.440. The fourth-order valence-corrected chi connectivity index (χ4v) is 3.56. The number of nitrogens with zero attached hydrogens (tertiary/aromatic N) is 1. The molecular weight excluding hydrogens is 350 g/mol. The molecule has 0 bridgehead atoms. The summed E-state index contributed by atoms with van der Waals surface area (Å²) in [6.07, 6.45) is 0.406. The van der Waals surface area contributed by atoms with Gasteiger partial charge in [-0.2, -0.15) is 0 Å². The second kappa shape index (κ2) is 7.19. The third-order valence-corrected chi connectivity index (χ3v) is 4.91. The molecular formula is C20H19NO6. The standard InChI is InChI=1S/C20H19NO6/c1-3-27-18(22)13-9-10-15(17(11-13)21(24)25)16-12-20(16,19(23)26-2)14-7-5-4-6-8-14/h4-11,16H,3,12H2,1-2H3/t16-,20+/m0/s1. The molecule has 0 amide bonds. The highest BCUT2D eigenvalue weighted by atomic mass is 16.6. The van der Waals surface area contributed by atoms with E-state index in [0.717, 1.165) is 5.56 Å². The summed E-state index contributed by atoms with van der Waals surface area (Å²) in [6.45, 7) is 1.84. The summed E-state index contributed by atoms with van der Waals surface area (Å²) in [5.74, 6) is -1.45. The molecule has 1 aliphatic rings. The summed E-state index contributed by atoms with van der Waals surface area (Å²) >= 11 is 0. The lowest BCUT2D eigenvalue weighted by atomic mass is 9.90. The number of nitro groups is 1. The van der Waals surface area contributed by atoms with Crippen LogP contribution in [0.25, 0.3) is 0 Å². The van der Waals surface area contributed by atoms with E-state index in [1.165, 1.54) is 25.3 Å². The fraction of sp³-hybridized carbons (Fsp3) is 0.300. The number of benzene rings is 2. The van der Waals surface area contributed by atoms with E-state index in [0.29, 0.717) is 12.0 Å². The Morgan fingerprint density at radius 3 is 2.52 bits per heavy atom. The van der Waals surface area contributed by atoms with Crippen molar-refractivity contribution >= 4 is 17.6 Å². The molecule has 2 aromatic rings. The molecule has 0 spiro atoms. The third-order valence-electron chi connectivity index (χ3n) is 4.91. The van der Waals surface area contributed by atoms with Crippen molar-refractivity contribution in [3.8, 4) is 0 Å². The van der Waals surface area contributed by atoms with E-state index < -0.39 is 28.2 Å². The monoisotopic (exact) mass is 369 g/mol. The van der Waals surface area contributed by atoms with Crippen LogP contribution < -0.4 is 0 Å². The SMILES string of the molecule is CCOC(=O)c1ccc([C@@H]2C[C@@]2(C(=O)OC)c2ccccc2)c([N+](=O)[O-])c1. The van der Waals surface area contributed by atoms with Gasteiger partial charge >= 0.3 is 11.9 Å². The van der Waals surface area contributed by atoms with Gasteiger partial charge in [0.2, 0.25) is 0 Å². The number of esters is 2. The highest BCUT2D eigenvalue weighted by molar-refractivity contribution is 5.92. The smallest absolute Gasteiger partial charge is 0.338 e. The predicted molar refractivity (Wildman–Crippen MR) is 96.5 cm³/mol. The molecule has 27 heavy (non-hydrogen) atoms. The Balaban J connectivity index is 2.05. The van der Waals surface area contributed by atoms with Crippen molar-refractivity contribution in [2.24, 2.45) is 0 Å². The van der Waals surface area contributed by atoms with Crippen molar-refractivity contribution in [2.75, 3.05) is 13.7 Å². The summed E-state index contributed by atoms with van der Waals surface area (Å²) in [5.41, 5.74) is 0.114. The van der Waals surface area contributed by atoms with E-state index in [1.54, 1.807) is 6.92 Å². The number of carbonyl (C=O) groups is 2.